The average molecular weight is 299 g/mol. The Morgan fingerprint density at radius 2 is 2.10 bits per heavy atom. The van der Waals surface area contributed by atoms with Gasteiger partial charge in [-0.25, -0.2) is 0 Å². The summed E-state index contributed by atoms with van der Waals surface area (Å²) < 4.78 is 5.21. The van der Waals surface area contributed by atoms with Crippen molar-refractivity contribution in [3.05, 3.63) is 15.8 Å². The lowest BCUT2D eigenvalue weighted by Gasteiger charge is -2.33. The number of carbonyl (C=O) groups excluding carboxylic acids is 1. The van der Waals surface area contributed by atoms with Gasteiger partial charge in [-0.15, -0.1) is 11.3 Å². The fraction of sp³-hybridized carbons (Fsp3) is 0.667. The number of hydrogen-bond donors (Lipinski definition) is 2. The maximum atomic E-state index is 12.2. The molecule has 1 heterocycles. The first kappa shape index (κ1) is 17.0. The maximum Gasteiger partial charge on any atom is 0.265 e. The van der Waals surface area contributed by atoms with E-state index in [1.807, 2.05) is 40.7 Å². The normalized spacial score (nSPS) is 13.4. The first-order valence-corrected chi connectivity index (χ1v) is 7.61. The number of amides is 1. The topological polar surface area (TPSA) is 58.6 Å². The Morgan fingerprint density at radius 3 is 2.60 bits per heavy atom. The first-order valence-electron chi connectivity index (χ1n) is 6.79. The highest BCUT2D eigenvalue weighted by atomic mass is 32.1. The number of hydrogen-bond acceptors (Lipinski definition) is 4. The molecule has 0 saturated heterocycles. The molecule has 0 radical (unpaired) electrons. The highest BCUT2D eigenvalue weighted by molar-refractivity contribution is 7.14. The van der Waals surface area contributed by atoms with Crippen LogP contribution in [-0.4, -0.2) is 30.8 Å². The fourth-order valence-corrected chi connectivity index (χ4v) is 3.09. The smallest absolute Gasteiger partial charge is 0.265 e. The van der Waals surface area contributed by atoms with Crippen molar-refractivity contribution in [2.24, 2.45) is 11.3 Å². The van der Waals surface area contributed by atoms with Gasteiger partial charge in [-0.2, -0.15) is 0 Å². The van der Waals surface area contributed by atoms with Crippen LogP contribution in [0, 0.1) is 18.3 Å². The van der Waals surface area contributed by atoms with Gasteiger partial charge in [-0.05, 0) is 18.9 Å². The summed E-state index contributed by atoms with van der Waals surface area (Å²) in [6.45, 7) is 10.2. The van der Waals surface area contributed by atoms with Gasteiger partial charge in [-0.1, -0.05) is 27.7 Å². The molecule has 4 nitrogen and oxygen atoms in total. The van der Waals surface area contributed by atoms with Crippen LogP contribution in [0.5, 0.6) is 5.75 Å². The quantitative estimate of drug-likeness (QED) is 0.849. The second kappa shape index (κ2) is 6.59. The largest absolute Gasteiger partial charge is 0.495 e. The molecule has 0 fully saturated rings. The molecule has 0 aromatic carbocycles. The van der Waals surface area contributed by atoms with E-state index in [-0.39, 0.29) is 17.2 Å². The summed E-state index contributed by atoms with van der Waals surface area (Å²) in [5.74, 6) is 0.608. The Kier molecular flexibility index (Phi) is 5.59. The Labute approximate surface area is 125 Å². The third-order valence-corrected chi connectivity index (χ3v) is 4.41. The first-order chi connectivity index (χ1) is 9.19. The van der Waals surface area contributed by atoms with Gasteiger partial charge in [0.05, 0.1) is 13.2 Å². The summed E-state index contributed by atoms with van der Waals surface area (Å²) in [5.41, 5.74) is -0.372. The standard InChI is InChI=1S/C15H25NO3S/c1-9(2)13(17)15(4,5)8-16-14(18)12-11(19-6)7-10(3)20-12/h7,9,13,17H,8H2,1-6H3,(H,16,18). The monoisotopic (exact) mass is 299 g/mol. The van der Waals surface area contributed by atoms with Crippen LogP contribution in [-0.2, 0) is 0 Å². The van der Waals surface area contributed by atoms with Crippen molar-refractivity contribution in [1.29, 1.82) is 0 Å². The number of rotatable bonds is 6. The van der Waals surface area contributed by atoms with Crippen LogP contribution in [0.15, 0.2) is 6.07 Å². The Morgan fingerprint density at radius 1 is 1.50 bits per heavy atom. The van der Waals surface area contributed by atoms with Crippen LogP contribution >= 0.6 is 11.3 Å². The molecule has 1 amide bonds. The molecule has 0 aliphatic carbocycles. The zero-order valence-corrected chi connectivity index (χ0v) is 13.9. The average Bonchev–Trinajstić information content (AvgIpc) is 2.76. The van der Waals surface area contributed by atoms with Crippen LogP contribution in [0.1, 0.15) is 42.2 Å². The lowest BCUT2D eigenvalue weighted by atomic mass is 9.81. The van der Waals surface area contributed by atoms with Crippen molar-refractivity contribution in [3.63, 3.8) is 0 Å². The van der Waals surface area contributed by atoms with Gasteiger partial charge in [0.25, 0.3) is 5.91 Å². The van der Waals surface area contributed by atoms with E-state index in [9.17, 15) is 9.90 Å². The van der Waals surface area contributed by atoms with Gasteiger partial charge in [0, 0.05) is 16.8 Å². The second-order valence-electron chi connectivity index (χ2n) is 6.11. The molecule has 1 aromatic heterocycles. The van der Waals surface area contributed by atoms with Gasteiger partial charge in [-0.3, -0.25) is 4.79 Å². The molecule has 0 spiro atoms. The lowest BCUT2D eigenvalue weighted by Crippen LogP contribution is -2.43. The molecule has 0 saturated carbocycles. The third kappa shape index (κ3) is 3.96. The van der Waals surface area contributed by atoms with E-state index in [1.54, 1.807) is 7.11 Å². The maximum absolute atomic E-state index is 12.2. The van der Waals surface area contributed by atoms with Gasteiger partial charge in [0.15, 0.2) is 0 Å². The van der Waals surface area contributed by atoms with Crippen LogP contribution in [0.2, 0.25) is 0 Å². The molecule has 1 atom stereocenters. The predicted octanol–water partition coefficient (Wildman–Crippen LogP) is 2.84. The molecular formula is C15H25NO3S. The zero-order chi connectivity index (χ0) is 15.5. The van der Waals surface area contributed by atoms with Crippen LogP contribution in [0.4, 0.5) is 0 Å². The molecule has 20 heavy (non-hydrogen) atoms. The van der Waals surface area contributed by atoms with Crippen molar-refractivity contribution in [1.82, 2.24) is 5.32 Å². The summed E-state index contributed by atoms with van der Waals surface area (Å²) in [5, 5.41) is 13.1. The number of carbonyl (C=O) groups is 1. The number of aryl methyl sites for hydroxylation is 1. The SMILES string of the molecule is COc1cc(C)sc1C(=O)NCC(C)(C)C(O)C(C)C. The Hall–Kier alpha value is -1.07. The number of aliphatic hydroxyl groups excluding tert-OH is 1. The number of aliphatic hydroxyl groups is 1. The van der Waals surface area contributed by atoms with E-state index in [0.29, 0.717) is 17.2 Å². The minimum absolute atomic E-state index is 0.149. The number of methoxy groups -OCH3 is 1. The Bertz CT molecular complexity index is 466. The number of ether oxygens (including phenoxy) is 1. The molecule has 1 unspecified atom stereocenters. The molecule has 114 valence electrons. The van der Waals surface area contributed by atoms with Crippen molar-refractivity contribution in [2.45, 2.75) is 40.7 Å². The molecule has 1 aromatic rings. The van der Waals surface area contributed by atoms with Crippen LogP contribution in [0.25, 0.3) is 0 Å². The highest BCUT2D eigenvalue weighted by Crippen LogP contribution is 2.29. The molecular weight excluding hydrogens is 274 g/mol. The summed E-state index contributed by atoms with van der Waals surface area (Å²) in [4.78, 5) is 13.8. The van der Waals surface area contributed by atoms with Crippen molar-refractivity contribution in [3.8, 4) is 5.75 Å². The van der Waals surface area contributed by atoms with E-state index in [0.717, 1.165) is 4.88 Å². The van der Waals surface area contributed by atoms with Gasteiger partial charge >= 0.3 is 0 Å². The molecule has 0 bridgehead atoms. The summed E-state index contributed by atoms with van der Waals surface area (Å²) in [6.07, 6.45) is -0.463. The Balaban J connectivity index is 2.72. The minimum atomic E-state index is -0.463. The van der Waals surface area contributed by atoms with Crippen LogP contribution < -0.4 is 10.1 Å². The minimum Gasteiger partial charge on any atom is -0.495 e. The summed E-state index contributed by atoms with van der Waals surface area (Å²) in [6, 6.07) is 1.85. The van der Waals surface area contributed by atoms with Gasteiger partial charge < -0.3 is 15.2 Å². The van der Waals surface area contributed by atoms with E-state index in [2.05, 4.69) is 5.32 Å². The van der Waals surface area contributed by atoms with Crippen molar-refractivity contribution in [2.75, 3.05) is 13.7 Å². The number of nitrogens with one attached hydrogen (secondary N) is 1. The second-order valence-corrected chi connectivity index (χ2v) is 7.37. The highest BCUT2D eigenvalue weighted by Gasteiger charge is 2.31. The summed E-state index contributed by atoms with van der Waals surface area (Å²) in [7, 11) is 1.56. The van der Waals surface area contributed by atoms with Gasteiger partial charge in [0.1, 0.15) is 10.6 Å². The third-order valence-electron chi connectivity index (χ3n) is 3.38. The molecule has 1 rings (SSSR count). The van der Waals surface area contributed by atoms with Crippen molar-refractivity contribution < 1.29 is 14.6 Å². The van der Waals surface area contributed by atoms with E-state index in [1.165, 1.54) is 11.3 Å². The number of thiophene rings is 1. The van der Waals surface area contributed by atoms with E-state index >= 15 is 0 Å². The van der Waals surface area contributed by atoms with Crippen molar-refractivity contribution >= 4 is 17.2 Å². The summed E-state index contributed by atoms with van der Waals surface area (Å²) >= 11 is 1.41. The molecule has 0 aliphatic heterocycles. The zero-order valence-electron chi connectivity index (χ0n) is 13.1. The van der Waals surface area contributed by atoms with E-state index < -0.39 is 6.10 Å². The molecule has 5 heteroatoms. The van der Waals surface area contributed by atoms with Gasteiger partial charge in [0.2, 0.25) is 0 Å². The van der Waals surface area contributed by atoms with E-state index in [4.69, 9.17) is 4.74 Å². The molecule has 2 N–H and O–H groups in total. The lowest BCUT2D eigenvalue weighted by molar-refractivity contribution is 0.0138. The fourth-order valence-electron chi connectivity index (χ4n) is 2.20. The van der Waals surface area contributed by atoms with Crippen LogP contribution in [0.3, 0.4) is 0 Å². The predicted molar refractivity (Wildman–Crippen MR) is 82.6 cm³/mol. The molecule has 0 aliphatic rings.